The van der Waals surface area contributed by atoms with Crippen molar-refractivity contribution in [2.24, 2.45) is 7.05 Å². The number of aromatic nitrogens is 3. The van der Waals surface area contributed by atoms with Crippen LogP contribution in [0, 0.1) is 17.0 Å². The van der Waals surface area contributed by atoms with Gasteiger partial charge in [0, 0.05) is 25.4 Å². The molecule has 1 amide bonds. The molecule has 0 aliphatic heterocycles. The quantitative estimate of drug-likeness (QED) is 0.484. The first-order valence-corrected chi connectivity index (χ1v) is 8.52. The molecule has 0 unspecified atom stereocenters. The minimum atomic E-state index is -0.563. The summed E-state index contributed by atoms with van der Waals surface area (Å²) in [5, 5.41) is 18.0. The third kappa shape index (κ3) is 4.11. The smallest absolute Gasteiger partial charge is 0.277 e. The summed E-state index contributed by atoms with van der Waals surface area (Å²) in [5.41, 5.74) is 0.947. The number of non-ortho nitro benzene ring substituents is 1. The largest absolute Gasteiger partial charge is 0.455 e. The number of hydrogen-bond donors (Lipinski definition) is 1. The van der Waals surface area contributed by atoms with Gasteiger partial charge in [0.15, 0.2) is 5.69 Å². The number of nitrogens with one attached hydrogen (secondary N) is 1. The van der Waals surface area contributed by atoms with E-state index < -0.39 is 10.8 Å². The molecule has 1 aromatic carbocycles. The van der Waals surface area contributed by atoms with E-state index in [4.69, 9.17) is 4.74 Å². The maximum atomic E-state index is 12.5. The van der Waals surface area contributed by atoms with Crippen molar-refractivity contribution in [3.05, 3.63) is 68.7 Å². The monoisotopic (exact) mass is 431 g/mol. The number of hydrogen-bond acceptors (Lipinski definition) is 6. The van der Waals surface area contributed by atoms with E-state index in [2.05, 4.69) is 31.3 Å². The molecule has 2 aromatic heterocycles. The van der Waals surface area contributed by atoms with Crippen molar-refractivity contribution in [3.8, 4) is 11.5 Å². The SMILES string of the molecule is Cc1c(Br)c(C(=O)Nc2cc(Oc3cccnc3)cc([N+](=O)[O-])c2)nn1C. The summed E-state index contributed by atoms with van der Waals surface area (Å²) in [6, 6.07) is 7.34. The number of amides is 1. The fourth-order valence-corrected chi connectivity index (χ4v) is 2.80. The highest BCUT2D eigenvalue weighted by Crippen LogP contribution is 2.30. The maximum absolute atomic E-state index is 12.5. The average Bonchev–Trinajstić information content (AvgIpc) is 2.90. The lowest BCUT2D eigenvalue weighted by atomic mass is 10.2. The predicted octanol–water partition coefficient (Wildman–Crippen LogP) is 3.84. The minimum absolute atomic E-state index is 0.177. The van der Waals surface area contributed by atoms with Crippen molar-refractivity contribution in [3.63, 3.8) is 0 Å². The van der Waals surface area contributed by atoms with Gasteiger partial charge < -0.3 is 10.1 Å². The van der Waals surface area contributed by atoms with Crippen LogP contribution in [-0.2, 0) is 7.05 Å². The van der Waals surface area contributed by atoms with E-state index in [1.165, 1.54) is 24.4 Å². The number of nitro groups is 1. The number of rotatable bonds is 5. The van der Waals surface area contributed by atoms with Gasteiger partial charge in [-0.15, -0.1) is 0 Å². The van der Waals surface area contributed by atoms with Crippen molar-refractivity contribution in [2.75, 3.05) is 5.32 Å². The lowest BCUT2D eigenvalue weighted by Gasteiger charge is -2.09. The third-order valence-corrected chi connectivity index (χ3v) is 4.66. The Hall–Kier alpha value is -3.27. The molecule has 2 heterocycles. The first kappa shape index (κ1) is 18.5. The fourth-order valence-electron chi connectivity index (χ4n) is 2.28. The van der Waals surface area contributed by atoms with Crippen molar-refractivity contribution in [2.45, 2.75) is 6.92 Å². The summed E-state index contributed by atoms with van der Waals surface area (Å²) >= 11 is 3.33. The highest BCUT2D eigenvalue weighted by molar-refractivity contribution is 9.10. The van der Waals surface area contributed by atoms with E-state index in [9.17, 15) is 14.9 Å². The molecule has 0 atom stereocenters. The van der Waals surface area contributed by atoms with Crippen LogP contribution < -0.4 is 10.1 Å². The molecule has 0 saturated heterocycles. The molecule has 0 aliphatic carbocycles. The summed E-state index contributed by atoms with van der Waals surface area (Å²) in [6.07, 6.45) is 3.06. The molecule has 10 heteroatoms. The summed E-state index contributed by atoms with van der Waals surface area (Å²) in [6.45, 7) is 1.81. The Morgan fingerprint density at radius 2 is 2.11 bits per heavy atom. The van der Waals surface area contributed by atoms with Gasteiger partial charge in [-0.1, -0.05) is 0 Å². The highest BCUT2D eigenvalue weighted by Gasteiger charge is 2.19. The number of nitrogens with zero attached hydrogens (tertiary/aromatic N) is 4. The molecule has 0 aliphatic rings. The van der Waals surface area contributed by atoms with Crippen LogP contribution in [0.25, 0.3) is 0 Å². The van der Waals surface area contributed by atoms with Gasteiger partial charge in [0.2, 0.25) is 0 Å². The van der Waals surface area contributed by atoms with Crippen molar-refractivity contribution >= 4 is 33.2 Å². The second-order valence-electron chi connectivity index (χ2n) is 5.59. The van der Waals surface area contributed by atoms with E-state index in [0.29, 0.717) is 10.2 Å². The Balaban J connectivity index is 1.91. The summed E-state index contributed by atoms with van der Waals surface area (Å²) in [4.78, 5) is 27.1. The second kappa shape index (κ2) is 7.54. The fraction of sp³-hybridized carbons (Fsp3) is 0.118. The van der Waals surface area contributed by atoms with E-state index >= 15 is 0 Å². The number of anilines is 1. The van der Waals surface area contributed by atoms with Crippen LogP contribution in [0.5, 0.6) is 11.5 Å². The topological polar surface area (TPSA) is 112 Å². The number of nitro benzene ring substituents is 1. The molecule has 0 radical (unpaired) electrons. The summed E-state index contributed by atoms with van der Waals surface area (Å²) < 4.78 is 7.71. The van der Waals surface area contributed by atoms with Crippen molar-refractivity contribution < 1.29 is 14.5 Å². The van der Waals surface area contributed by atoms with E-state index in [-0.39, 0.29) is 22.8 Å². The third-order valence-electron chi connectivity index (χ3n) is 3.71. The Morgan fingerprint density at radius 3 is 2.70 bits per heavy atom. The summed E-state index contributed by atoms with van der Waals surface area (Å²) in [7, 11) is 1.71. The van der Waals surface area contributed by atoms with Crippen LogP contribution in [-0.4, -0.2) is 25.6 Å². The van der Waals surface area contributed by atoms with Gasteiger partial charge in [-0.25, -0.2) is 0 Å². The van der Waals surface area contributed by atoms with Crippen LogP contribution >= 0.6 is 15.9 Å². The molecular formula is C17H14BrN5O4. The molecule has 3 aromatic rings. The van der Waals surface area contributed by atoms with E-state index in [1.54, 1.807) is 37.0 Å². The van der Waals surface area contributed by atoms with Crippen LogP contribution in [0.4, 0.5) is 11.4 Å². The molecule has 3 rings (SSSR count). The normalized spacial score (nSPS) is 10.5. The number of pyridine rings is 1. The van der Waals surface area contributed by atoms with Crippen LogP contribution in [0.1, 0.15) is 16.2 Å². The lowest BCUT2D eigenvalue weighted by Crippen LogP contribution is -2.13. The molecule has 0 saturated carbocycles. The first-order valence-electron chi connectivity index (χ1n) is 7.73. The minimum Gasteiger partial charge on any atom is -0.455 e. The van der Waals surface area contributed by atoms with Crippen LogP contribution in [0.3, 0.4) is 0 Å². The Kier molecular flexibility index (Phi) is 5.17. The zero-order valence-electron chi connectivity index (χ0n) is 14.3. The molecule has 1 N–H and O–H groups in total. The zero-order valence-corrected chi connectivity index (χ0v) is 15.9. The molecule has 0 spiro atoms. The van der Waals surface area contributed by atoms with Gasteiger partial charge in [-0.05, 0) is 35.0 Å². The summed E-state index contributed by atoms with van der Waals surface area (Å²) in [5.74, 6) is 0.112. The Bertz CT molecular complexity index is 1020. The van der Waals surface area contributed by atoms with Gasteiger partial charge in [0.05, 0.1) is 33.0 Å². The van der Waals surface area contributed by atoms with Gasteiger partial charge in [-0.2, -0.15) is 5.10 Å². The van der Waals surface area contributed by atoms with Gasteiger partial charge >= 0.3 is 0 Å². The molecule has 9 nitrogen and oxygen atoms in total. The molecule has 0 fully saturated rings. The Labute approximate surface area is 162 Å². The standard InChI is InChI=1S/C17H14BrN5O4/c1-10-15(18)16(21-22(10)2)17(24)20-11-6-12(23(25)26)8-14(7-11)27-13-4-3-5-19-9-13/h3-9H,1-2H3,(H,20,24). The molecule has 27 heavy (non-hydrogen) atoms. The maximum Gasteiger partial charge on any atom is 0.277 e. The molecule has 138 valence electrons. The van der Waals surface area contributed by atoms with Gasteiger partial charge in [0.25, 0.3) is 11.6 Å². The number of aryl methyl sites for hydroxylation is 1. The van der Waals surface area contributed by atoms with E-state index in [0.717, 1.165) is 5.69 Å². The number of carbonyl (C=O) groups excluding carboxylic acids is 1. The number of ether oxygens (including phenoxy) is 1. The molecular weight excluding hydrogens is 418 g/mol. The lowest BCUT2D eigenvalue weighted by molar-refractivity contribution is -0.384. The zero-order chi connectivity index (χ0) is 19.6. The predicted molar refractivity (Wildman–Crippen MR) is 101 cm³/mol. The van der Waals surface area contributed by atoms with Crippen molar-refractivity contribution in [1.82, 2.24) is 14.8 Å². The van der Waals surface area contributed by atoms with Crippen LogP contribution in [0.15, 0.2) is 47.2 Å². The van der Waals surface area contributed by atoms with Crippen LogP contribution in [0.2, 0.25) is 0 Å². The van der Waals surface area contributed by atoms with E-state index in [1.807, 2.05) is 0 Å². The van der Waals surface area contributed by atoms with Gasteiger partial charge in [-0.3, -0.25) is 24.6 Å². The number of benzene rings is 1. The molecule has 0 bridgehead atoms. The highest BCUT2D eigenvalue weighted by atomic mass is 79.9. The average molecular weight is 432 g/mol. The Morgan fingerprint density at radius 1 is 1.33 bits per heavy atom. The number of halogens is 1. The second-order valence-corrected chi connectivity index (χ2v) is 6.38. The van der Waals surface area contributed by atoms with Crippen molar-refractivity contribution in [1.29, 1.82) is 0 Å². The number of carbonyl (C=O) groups is 1. The van der Waals surface area contributed by atoms with Gasteiger partial charge in [0.1, 0.15) is 11.5 Å². The first-order chi connectivity index (χ1) is 12.8.